The molecule has 6 heteroatoms. The highest BCUT2D eigenvalue weighted by Gasteiger charge is 2.16. The molecule has 0 radical (unpaired) electrons. The van der Waals surface area contributed by atoms with Gasteiger partial charge >= 0.3 is 0 Å². The Kier molecular flexibility index (Phi) is 3.66. The maximum absolute atomic E-state index is 10.9. The van der Waals surface area contributed by atoms with Gasteiger partial charge in [-0.2, -0.15) is 5.48 Å². The molecular formula is C10H13N3O2S. The van der Waals surface area contributed by atoms with E-state index in [1.54, 1.807) is 5.38 Å². The summed E-state index contributed by atoms with van der Waals surface area (Å²) in [5.74, 6) is 0. The Morgan fingerprint density at radius 2 is 2.62 bits per heavy atom. The lowest BCUT2D eigenvalue weighted by Crippen LogP contribution is -2.27. The summed E-state index contributed by atoms with van der Waals surface area (Å²) in [4.78, 5) is 20.3. The van der Waals surface area contributed by atoms with Crippen molar-refractivity contribution in [2.24, 2.45) is 0 Å². The number of nitrogens with zero attached hydrogens (tertiary/aromatic N) is 1. The summed E-state index contributed by atoms with van der Waals surface area (Å²) in [6.07, 6.45) is 6.79. The monoisotopic (exact) mass is 239 g/mol. The van der Waals surface area contributed by atoms with Crippen LogP contribution in [0.2, 0.25) is 0 Å². The fourth-order valence-corrected chi connectivity index (χ4v) is 2.06. The summed E-state index contributed by atoms with van der Waals surface area (Å²) < 4.78 is 0. The standard InChI is InChI=1S/C10H13N3O2S/c11-10-12-9(6-16-10)8(5-14)13-15-7-3-1-2-4-7/h1,3,5-8,13H,2,4H2,(H2,11,12). The molecule has 16 heavy (non-hydrogen) atoms. The molecule has 1 aliphatic rings. The fraction of sp³-hybridized carbons (Fsp3) is 0.400. The summed E-state index contributed by atoms with van der Waals surface area (Å²) in [7, 11) is 0. The van der Waals surface area contributed by atoms with Crippen LogP contribution in [0.1, 0.15) is 24.6 Å². The zero-order valence-corrected chi connectivity index (χ0v) is 9.44. The van der Waals surface area contributed by atoms with Gasteiger partial charge in [-0.05, 0) is 12.8 Å². The molecule has 1 aromatic heterocycles. The quantitative estimate of drug-likeness (QED) is 0.459. The molecule has 1 aliphatic carbocycles. The lowest BCUT2D eigenvalue weighted by Gasteiger charge is -2.14. The second kappa shape index (κ2) is 5.20. The molecule has 2 rings (SSSR count). The molecule has 2 unspecified atom stereocenters. The van der Waals surface area contributed by atoms with E-state index >= 15 is 0 Å². The van der Waals surface area contributed by atoms with Crippen molar-refractivity contribution < 1.29 is 9.63 Å². The Bertz CT molecular complexity index is 391. The summed E-state index contributed by atoms with van der Waals surface area (Å²) in [5.41, 5.74) is 8.81. The molecule has 0 amide bonds. The molecule has 0 fully saturated rings. The van der Waals surface area contributed by atoms with E-state index < -0.39 is 6.04 Å². The predicted molar refractivity (Wildman–Crippen MR) is 61.7 cm³/mol. The minimum Gasteiger partial charge on any atom is -0.375 e. The average Bonchev–Trinajstić information content (AvgIpc) is 2.91. The maximum atomic E-state index is 10.9. The molecule has 1 aromatic rings. The van der Waals surface area contributed by atoms with Gasteiger partial charge in [-0.1, -0.05) is 12.2 Å². The number of carbonyl (C=O) groups is 1. The summed E-state index contributed by atoms with van der Waals surface area (Å²) in [6.45, 7) is 0. The first-order chi connectivity index (χ1) is 7.79. The van der Waals surface area contributed by atoms with Crippen molar-refractivity contribution >= 4 is 22.8 Å². The number of anilines is 1. The van der Waals surface area contributed by atoms with Gasteiger partial charge in [0.2, 0.25) is 0 Å². The molecule has 1 heterocycles. The molecule has 86 valence electrons. The number of aldehydes is 1. The van der Waals surface area contributed by atoms with Gasteiger partial charge in [0.05, 0.1) is 11.8 Å². The minimum atomic E-state index is -0.553. The predicted octanol–water partition coefficient (Wildman–Crippen LogP) is 1.21. The molecule has 2 atom stereocenters. The van der Waals surface area contributed by atoms with Gasteiger partial charge in [0.25, 0.3) is 0 Å². The molecule has 0 aliphatic heterocycles. The highest BCUT2D eigenvalue weighted by molar-refractivity contribution is 7.13. The number of hydroxylamine groups is 1. The number of aromatic nitrogens is 1. The van der Waals surface area contributed by atoms with Crippen LogP contribution in [0.15, 0.2) is 17.5 Å². The first-order valence-electron chi connectivity index (χ1n) is 5.03. The van der Waals surface area contributed by atoms with Crippen LogP contribution >= 0.6 is 11.3 Å². The van der Waals surface area contributed by atoms with Crippen LogP contribution in [-0.2, 0) is 9.63 Å². The van der Waals surface area contributed by atoms with E-state index in [0.29, 0.717) is 10.8 Å². The van der Waals surface area contributed by atoms with Gasteiger partial charge < -0.3 is 10.5 Å². The Labute approximate surface area is 97.3 Å². The zero-order valence-electron chi connectivity index (χ0n) is 8.63. The van der Waals surface area contributed by atoms with E-state index in [0.717, 1.165) is 19.1 Å². The maximum Gasteiger partial charge on any atom is 0.180 e. The minimum absolute atomic E-state index is 0.0402. The SMILES string of the molecule is Nc1nc(C(C=O)NOC2C=CCC2)cs1. The van der Waals surface area contributed by atoms with Crippen molar-refractivity contribution in [2.75, 3.05) is 5.73 Å². The van der Waals surface area contributed by atoms with Crippen LogP contribution in [0.4, 0.5) is 5.13 Å². The van der Waals surface area contributed by atoms with E-state index in [1.807, 2.05) is 6.08 Å². The van der Waals surface area contributed by atoms with Crippen molar-refractivity contribution in [3.05, 3.63) is 23.2 Å². The molecule has 0 aromatic carbocycles. The van der Waals surface area contributed by atoms with Gasteiger partial charge in [-0.15, -0.1) is 11.3 Å². The second-order valence-electron chi connectivity index (χ2n) is 3.50. The first-order valence-corrected chi connectivity index (χ1v) is 5.91. The molecule has 0 saturated heterocycles. The number of rotatable bonds is 5. The van der Waals surface area contributed by atoms with E-state index in [-0.39, 0.29) is 6.10 Å². The zero-order chi connectivity index (χ0) is 11.4. The highest BCUT2D eigenvalue weighted by atomic mass is 32.1. The van der Waals surface area contributed by atoms with Crippen molar-refractivity contribution in [1.29, 1.82) is 0 Å². The van der Waals surface area contributed by atoms with Gasteiger partial charge in [0.15, 0.2) is 5.13 Å². The van der Waals surface area contributed by atoms with E-state index in [2.05, 4.69) is 16.5 Å². The first kappa shape index (κ1) is 11.3. The molecule has 5 nitrogen and oxygen atoms in total. The average molecular weight is 239 g/mol. The number of nitrogens with two attached hydrogens (primary N) is 1. The number of allylic oxidation sites excluding steroid dienone is 1. The Hall–Kier alpha value is -1.24. The Balaban J connectivity index is 1.90. The molecule has 0 spiro atoms. The lowest BCUT2D eigenvalue weighted by atomic mass is 10.3. The van der Waals surface area contributed by atoms with E-state index in [9.17, 15) is 4.79 Å². The summed E-state index contributed by atoms with van der Waals surface area (Å²) in [5, 5.41) is 2.19. The van der Waals surface area contributed by atoms with Crippen LogP contribution in [0, 0.1) is 0 Å². The molecular weight excluding hydrogens is 226 g/mol. The normalized spacial score (nSPS) is 21.1. The van der Waals surface area contributed by atoms with Crippen molar-refractivity contribution in [2.45, 2.75) is 25.0 Å². The number of carbonyl (C=O) groups excluding carboxylic acids is 1. The molecule has 0 saturated carbocycles. The summed E-state index contributed by atoms with van der Waals surface area (Å²) in [6, 6.07) is -0.553. The van der Waals surface area contributed by atoms with E-state index in [4.69, 9.17) is 10.6 Å². The third-order valence-electron chi connectivity index (χ3n) is 2.31. The number of hydrogen-bond acceptors (Lipinski definition) is 6. The van der Waals surface area contributed by atoms with E-state index in [1.165, 1.54) is 11.3 Å². The third kappa shape index (κ3) is 2.66. The number of nitrogen functional groups attached to an aromatic ring is 1. The Morgan fingerprint density at radius 1 is 1.75 bits per heavy atom. The second-order valence-corrected chi connectivity index (χ2v) is 4.39. The smallest absolute Gasteiger partial charge is 0.180 e. The lowest BCUT2D eigenvalue weighted by molar-refractivity contribution is -0.115. The van der Waals surface area contributed by atoms with Crippen LogP contribution < -0.4 is 11.2 Å². The van der Waals surface area contributed by atoms with Gasteiger partial charge in [0.1, 0.15) is 12.3 Å². The molecule has 3 N–H and O–H groups in total. The van der Waals surface area contributed by atoms with Gasteiger partial charge in [0, 0.05) is 5.38 Å². The highest BCUT2D eigenvalue weighted by Crippen LogP contribution is 2.18. The van der Waals surface area contributed by atoms with Crippen LogP contribution in [-0.4, -0.2) is 17.4 Å². The summed E-state index contributed by atoms with van der Waals surface area (Å²) >= 11 is 1.30. The van der Waals surface area contributed by atoms with Gasteiger partial charge in [-0.3, -0.25) is 4.84 Å². The fourth-order valence-electron chi connectivity index (χ4n) is 1.47. The van der Waals surface area contributed by atoms with Crippen LogP contribution in [0.5, 0.6) is 0 Å². The largest absolute Gasteiger partial charge is 0.375 e. The van der Waals surface area contributed by atoms with Crippen LogP contribution in [0.25, 0.3) is 0 Å². The van der Waals surface area contributed by atoms with Crippen molar-refractivity contribution in [3.63, 3.8) is 0 Å². The number of hydrogen-bond donors (Lipinski definition) is 2. The van der Waals surface area contributed by atoms with Crippen molar-refractivity contribution in [1.82, 2.24) is 10.5 Å². The van der Waals surface area contributed by atoms with Crippen molar-refractivity contribution in [3.8, 4) is 0 Å². The van der Waals surface area contributed by atoms with Crippen LogP contribution in [0.3, 0.4) is 0 Å². The third-order valence-corrected chi connectivity index (χ3v) is 3.00. The number of nitrogens with one attached hydrogen (secondary N) is 1. The topological polar surface area (TPSA) is 77.2 Å². The number of thiazole rings is 1. The van der Waals surface area contributed by atoms with Gasteiger partial charge in [-0.25, -0.2) is 4.98 Å². The molecule has 0 bridgehead atoms. The Morgan fingerprint density at radius 3 is 3.19 bits per heavy atom.